The van der Waals surface area contributed by atoms with Gasteiger partial charge in [-0.25, -0.2) is 0 Å². The summed E-state index contributed by atoms with van der Waals surface area (Å²) in [6.07, 6.45) is 0. The minimum Gasteiger partial charge on any atom is -0.352 e. The van der Waals surface area contributed by atoms with Crippen LogP contribution < -0.4 is 3.11 Å². The van der Waals surface area contributed by atoms with Gasteiger partial charge < -0.3 is 7.92 Å². The Morgan fingerprint density at radius 1 is 1.27 bits per heavy atom. The van der Waals surface area contributed by atoms with Crippen LogP contribution in [0.4, 0.5) is 5.69 Å². The topological polar surface area (TPSA) is 6.48 Å². The van der Waals surface area contributed by atoms with Gasteiger partial charge in [-0.15, -0.1) is 0 Å². The van der Waals surface area contributed by atoms with E-state index in [0.29, 0.717) is 6.04 Å². The van der Waals surface area contributed by atoms with Crippen LogP contribution in [0.3, 0.4) is 0 Å². The SMILES string of the molecule is [B]N(C)Cc1ccc(N(I)C(C)C)cc1. The maximum Gasteiger partial charge on any atom is 0.182 e. The van der Waals surface area contributed by atoms with Crippen LogP contribution >= 0.6 is 22.9 Å². The molecule has 1 aromatic rings. The lowest BCUT2D eigenvalue weighted by Gasteiger charge is -2.21. The fourth-order valence-corrected chi connectivity index (χ4v) is 1.65. The summed E-state index contributed by atoms with van der Waals surface area (Å²) in [5.74, 6) is 0. The summed E-state index contributed by atoms with van der Waals surface area (Å²) < 4.78 is 2.22. The van der Waals surface area contributed by atoms with E-state index in [-0.39, 0.29) is 0 Å². The number of anilines is 1. The molecule has 0 bridgehead atoms. The van der Waals surface area contributed by atoms with Crippen molar-refractivity contribution in [3.63, 3.8) is 0 Å². The average molecular weight is 314 g/mol. The number of benzene rings is 1. The van der Waals surface area contributed by atoms with E-state index < -0.39 is 0 Å². The van der Waals surface area contributed by atoms with Gasteiger partial charge in [0.2, 0.25) is 0 Å². The number of hydrogen-bond acceptors (Lipinski definition) is 2. The second kappa shape index (κ2) is 5.75. The molecular weight excluding hydrogens is 298 g/mol. The third-order valence-electron chi connectivity index (χ3n) is 2.07. The van der Waals surface area contributed by atoms with E-state index >= 15 is 0 Å². The van der Waals surface area contributed by atoms with Crippen LogP contribution in [0, 0.1) is 0 Å². The molecule has 0 aliphatic heterocycles. The third-order valence-corrected chi connectivity index (χ3v) is 3.74. The van der Waals surface area contributed by atoms with Gasteiger partial charge in [0, 0.05) is 18.3 Å². The molecule has 15 heavy (non-hydrogen) atoms. The van der Waals surface area contributed by atoms with Gasteiger partial charge in [0.25, 0.3) is 0 Å². The van der Waals surface area contributed by atoms with E-state index in [2.05, 4.69) is 64.1 Å². The zero-order valence-electron chi connectivity index (χ0n) is 9.44. The molecule has 0 saturated heterocycles. The first-order chi connectivity index (χ1) is 7.00. The molecule has 0 N–H and O–H groups in total. The highest BCUT2D eigenvalue weighted by Gasteiger charge is 2.06. The van der Waals surface area contributed by atoms with E-state index in [9.17, 15) is 0 Å². The van der Waals surface area contributed by atoms with Gasteiger partial charge in [-0.1, -0.05) is 12.1 Å². The number of halogens is 1. The minimum atomic E-state index is 0.508. The normalized spacial score (nSPS) is 11.1. The number of rotatable bonds is 4. The van der Waals surface area contributed by atoms with Crippen molar-refractivity contribution < 1.29 is 0 Å². The second-order valence-corrected chi connectivity index (χ2v) is 5.03. The van der Waals surface area contributed by atoms with Crippen molar-refractivity contribution in [2.45, 2.75) is 26.4 Å². The van der Waals surface area contributed by atoms with E-state index in [1.807, 2.05) is 7.05 Å². The quantitative estimate of drug-likeness (QED) is 0.479. The predicted molar refractivity (Wildman–Crippen MR) is 75.3 cm³/mol. The smallest absolute Gasteiger partial charge is 0.182 e. The van der Waals surface area contributed by atoms with Gasteiger partial charge in [-0.2, -0.15) is 0 Å². The molecule has 4 heteroatoms. The molecule has 0 saturated carbocycles. The molecule has 0 aliphatic carbocycles. The molecule has 0 amide bonds. The van der Waals surface area contributed by atoms with E-state index in [1.54, 1.807) is 4.81 Å². The maximum absolute atomic E-state index is 5.59. The van der Waals surface area contributed by atoms with Crippen molar-refractivity contribution in [3.8, 4) is 0 Å². The Bertz CT molecular complexity index is 298. The zero-order valence-corrected chi connectivity index (χ0v) is 11.6. The lowest BCUT2D eigenvalue weighted by molar-refractivity contribution is 0.544. The van der Waals surface area contributed by atoms with Gasteiger partial charge in [-0.3, -0.25) is 0 Å². The Morgan fingerprint density at radius 2 is 1.80 bits per heavy atom. The van der Waals surface area contributed by atoms with Crippen molar-refractivity contribution in [2.75, 3.05) is 10.2 Å². The Balaban J connectivity index is 2.72. The maximum atomic E-state index is 5.59. The Hall–Kier alpha value is -0.225. The van der Waals surface area contributed by atoms with Crippen LogP contribution in [-0.2, 0) is 6.54 Å². The van der Waals surface area contributed by atoms with Gasteiger partial charge in [-0.05, 0) is 38.6 Å². The summed E-state index contributed by atoms with van der Waals surface area (Å²) in [5.41, 5.74) is 2.46. The standard InChI is InChI=1S/C11H16BIN2/c1-9(2)15(13)11-6-4-10(5-7-11)8-14(3)12/h4-7,9H,8H2,1-3H3. The van der Waals surface area contributed by atoms with Crippen LogP contribution in [-0.4, -0.2) is 25.9 Å². The Labute approximate surface area is 108 Å². The summed E-state index contributed by atoms with van der Waals surface area (Å²) >= 11 is 2.33. The van der Waals surface area contributed by atoms with Crippen LogP contribution in [0.2, 0.25) is 0 Å². The van der Waals surface area contributed by atoms with Crippen molar-refractivity contribution in [1.29, 1.82) is 0 Å². The molecule has 2 radical (unpaired) electrons. The van der Waals surface area contributed by atoms with E-state index in [1.165, 1.54) is 11.3 Å². The van der Waals surface area contributed by atoms with Gasteiger partial charge in [0.05, 0.1) is 22.9 Å². The second-order valence-electron chi connectivity index (χ2n) is 3.99. The molecule has 0 spiro atoms. The van der Waals surface area contributed by atoms with Crippen molar-refractivity contribution in [1.82, 2.24) is 4.81 Å². The summed E-state index contributed by atoms with van der Waals surface area (Å²) in [6, 6.07) is 9.00. The predicted octanol–water partition coefficient (Wildman–Crippen LogP) is 2.77. The van der Waals surface area contributed by atoms with Crippen LogP contribution in [0.15, 0.2) is 24.3 Å². The molecule has 0 fully saturated rings. The molecule has 0 heterocycles. The molecule has 0 atom stereocenters. The van der Waals surface area contributed by atoms with Crippen LogP contribution in [0.1, 0.15) is 19.4 Å². The molecule has 2 nitrogen and oxygen atoms in total. The lowest BCUT2D eigenvalue weighted by Crippen LogP contribution is -2.18. The molecule has 0 aromatic heterocycles. The molecule has 1 rings (SSSR count). The van der Waals surface area contributed by atoms with Gasteiger partial charge in [0.15, 0.2) is 7.98 Å². The van der Waals surface area contributed by atoms with Crippen LogP contribution in [0.5, 0.6) is 0 Å². The highest BCUT2D eigenvalue weighted by Crippen LogP contribution is 2.21. The number of nitrogens with zero attached hydrogens (tertiary/aromatic N) is 2. The first-order valence-electron chi connectivity index (χ1n) is 5.00. The monoisotopic (exact) mass is 314 g/mol. The minimum absolute atomic E-state index is 0.508. The van der Waals surface area contributed by atoms with Gasteiger partial charge in [0.1, 0.15) is 0 Å². The fourth-order valence-electron chi connectivity index (χ4n) is 1.33. The van der Waals surface area contributed by atoms with Crippen molar-refractivity contribution in [2.24, 2.45) is 0 Å². The van der Waals surface area contributed by atoms with Gasteiger partial charge >= 0.3 is 0 Å². The first-order valence-corrected chi connectivity index (χ1v) is 5.97. The summed E-state index contributed by atoms with van der Waals surface area (Å²) in [6.45, 7) is 5.13. The number of hydrogen-bond donors (Lipinski definition) is 0. The Morgan fingerprint density at radius 3 is 2.20 bits per heavy atom. The zero-order chi connectivity index (χ0) is 11.4. The largest absolute Gasteiger partial charge is 0.352 e. The third kappa shape index (κ3) is 4.03. The highest BCUT2D eigenvalue weighted by atomic mass is 127. The molecule has 1 aromatic carbocycles. The summed E-state index contributed by atoms with van der Waals surface area (Å²) in [7, 11) is 7.46. The fraction of sp³-hybridized carbons (Fsp3) is 0.455. The highest BCUT2D eigenvalue weighted by molar-refractivity contribution is 14.1. The van der Waals surface area contributed by atoms with Crippen molar-refractivity contribution in [3.05, 3.63) is 29.8 Å². The molecule has 0 unspecified atom stereocenters. The summed E-state index contributed by atoms with van der Waals surface area (Å²) in [5, 5.41) is 0. The van der Waals surface area contributed by atoms with E-state index in [0.717, 1.165) is 6.54 Å². The molecular formula is C11H16BIN2. The van der Waals surface area contributed by atoms with Crippen LogP contribution in [0.25, 0.3) is 0 Å². The Kier molecular flexibility index (Phi) is 4.92. The van der Waals surface area contributed by atoms with Crippen molar-refractivity contribution >= 4 is 36.5 Å². The summed E-state index contributed by atoms with van der Waals surface area (Å²) in [4.78, 5) is 1.68. The lowest BCUT2D eigenvalue weighted by atomic mass is 10.1. The molecule has 0 aliphatic rings. The molecule has 80 valence electrons. The van der Waals surface area contributed by atoms with E-state index in [4.69, 9.17) is 7.98 Å². The first kappa shape index (κ1) is 12.8. The average Bonchev–Trinajstić information content (AvgIpc) is 2.17.